The minimum absolute atomic E-state index is 0.0300. The van der Waals surface area contributed by atoms with Gasteiger partial charge < -0.3 is 4.74 Å². The molecule has 1 aliphatic rings. The summed E-state index contributed by atoms with van der Waals surface area (Å²) in [7, 11) is 1.88. The minimum atomic E-state index is -0.125. The molecule has 0 spiro atoms. The van der Waals surface area contributed by atoms with Crippen LogP contribution in [0.5, 0.6) is 0 Å². The topological polar surface area (TPSA) is 61.9 Å². The van der Waals surface area contributed by atoms with Crippen molar-refractivity contribution in [3.8, 4) is 5.69 Å². The summed E-state index contributed by atoms with van der Waals surface area (Å²) in [6.45, 7) is 0.300. The van der Waals surface area contributed by atoms with E-state index in [9.17, 15) is 4.79 Å². The maximum Gasteiger partial charge on any atom is 0.309 e. The lowest BCUT2D eigenvalue weighted by Crippen LogP contribution is -2.08. The van der Waals surface area contributed by atoms with Gasteiger partial charge in [0.25, 0.3) is 0 Å². The predicted molar refractivity (Wildman–Crippen MR) is 87.4 cm³/mol. The van der Waals surface area contributed by atoms with Gasteiger partial charge in [0, 0.05) is 31.6 Å². The summed E-state index contributed by atoms with van der Waals surface area (Å²) in [6, 6.07) is 9.72. The number of carbonyl (C=O) groups is 1. The zero-order valence-corrected chi connectivity index (χ0v) is 13.4. The molecule has 0 aliphatic heterocycles. The molecule has 6 heteroatoms. The standard InChI is InChI=1S/C18H18N4O2/c1-21-11-14(10-20-21)16-9-17(16)18(23)24-12-13-3-5-15(6-4-13)22-8-2-7-19-22/h2-8,10-11,16-17H,9,12H2,1H3/t16-,17-/m0/s1. The van der Waals surface area contributed by atoms with Gasteiger partial charge >= 0.3 is 5.97 Å². The number of nitrogens with zero attached hydrogens (tertiary/aromatic N) is 4. The molecule has 4 rings (SSSR count). The Bertz CT molecular complexity index is 836. The maximum absolute atomic E-state index is 12.2. The van der Waals surface area contributed by atoms with Gasteiger partial charge in [-0.15, -0.1) is 0 Å². The largest absolute Gasteiger partial charge is 0.461 e. The molecule has 0 saturated heterocycles. The van der Waals surface area contributed by atoms with Crippen LogP contribution in [0, 0.1) is 5.92 Å². The van der Waals surface area contributed by atoms with Crippen molar-refractivity contribution in [2.45, 2.75) is 18.9 Å². The Morgan fingerprint density at radius 1 is 1.29 bits per heavy atom. The van der Waals surface area contributed by atoms with Crippen LogP contribution in [0.15, 0.2) is 55.1 Å². The summed E-state index contributed by atoms with van der Waals surface area (Å²) in [5.74, 6) is 0.103. The molecule has 2 heterocycles. The van der Waals surface area contributed by atoms with Crippen molar-refractivity contribution < 1.29 is 9.53 Å². The Balaban J connectivity index is 1.31. The van der Waals surface area contributed by atoms with E-state index in [4.69, 9.17) is 4.74 Å². The van der Waals surface area contributed by atoms with Crippen LogP contribution in [0.2, 0.25) is 0 Å². The predicted octanol–water partition coefficient (Wildman–Crippen LogP) is 2.45. The van der Waals surface area contributed by atoms with Gasteiger partial charge in [0.15, 0.2) is 0 Å². The van der Waals surface area contributed by atoms with E-state index in [1.807, 2.05) is 56.0 Å². The average molecular weight is 322 g/mol. The Kier molecular flexibility index (Phi) is 3.65. The van der Waals surface area contributed by atoms with Crippen LogP contribution in [0.1, 0.15) is 23.5 Å². The molecule has 0 N–H and O–H groups in total. The van der Waals surface area contributed by atoms with Crippen LogP contribution in [0.4, 0.5) is 0 Å². The zero-order chi connectivity index (χ0) is 16.5. The molecule has 3 aromatic rings. The lowest BCUT2D eigenvalue weighted by molar-refractivity contribution is -0.146. The van der Waals surface area contributed by atoms with E-state index in [-0.39, 0.29) is 17.8 Å². The third kappa shape index (κ3) is 2.95. The fraction of sp³-hybridized carbons (Fsp3) is 0.278. The summed E-state index contributed by atoms with van der Waals surface area (Å²) in [4.78, 5) is 12.2. The molecule has 1 aromatic carbocycles. The Morgan fingerprint density at radius 3 is 2.79 bits per heavy atom. The number of hydrogen-bond donors (Lipinski definition) is 0. The molecule has 2 atom stereocenters. The highest BCUT2D eigenvalue weighted by molar-refractivity contribution is 5.77. The summed E-state index contributed by atoms with van der Waals surface area (Å²) in [5, 5.41) is 8.34. The number of rotatable bonds is 5. The van der Waals surface area contributed by atoms with Crippen LogP contribution in [-0.2, 0) is 23.2 Å². The Hall–Kier alpha value is -2.89. The van der Waals surface area contributed by atoms with Gasteiger partial charge in [-0.05, 0) is 35.7 Å². The highest BCUT2D eigenvalue weighted by Gasteiger charge is 2.45. The summed E-state index contributed by atoms with van der Waals surface area (Å²) >= 11 is 0. The first-order valence-corrected chi connectivity index (χ1v) is 7.95. The van der Waals surface area contributed by atoms with Gasteiger partial charge in [0.05, 0.1) is 17.8 Å². The molecule has 1 fully saturated rings. The third-order valence-electron chi connectivity index (χ3n) is 4.33. The lowest BCUT2D eigenvalue weighted by atomic mass is 10.2. The van der Waals surface area contributed by atoms with E-state index < -0.39 is 0 Å². The molecule has 0 unspecified atom stereocenters. The number of ether oxygens (including phenoxy) is 1. The maximum atomic E-state index is 12.2. The molecule has 1 aliphatic carbocycles. The van der Waals surface area contributed by atoms with Crippen LogP contribution >= 0.6 is 0 Å². The molecule has 24 heavy (non-hydrogen) atoms. The van der Waals surface area contributed by atoms with Gasteiger partial charge in [0.2, 0.25) is 0 Å². The monoisotopic (exact) mass is 322 g/mol. The van der Waals surface area contributed by atoms with Crippen molar-refractivity contribution in [1.29, 1.82) is 0 Å². The van der Waals surface area contributed by atoms with Gasteiger partial charge in [-0.1, -0.05) is 12.1 Å². The molecular formula is C18H18N4O2. The quantitative estimate of drug-likeness (QED) is 0.677. The summed E-state index contributed by atoms with van der Waals surface area (Å²) in [6.07, 6.45) is 8.27. The molecular weight excluding hydrogens is 304 g/mol. The molecule has 6 nitrogen and oxygen atoms in total. The molecule has 1 saturated carbocycles. The van der Waals surface area contributed by atoms with Crippen molar-refractivity contribution in [1.82, 2.24) is 19.6 Å². The van der Waals surface area contributed by atoms with Crippen molar-refractivity contribution in [3.05, 3.63) is 66.2 Å². The van der Waals surface area contributed by atoms with Crippen molar-refractivity contribution in [2.75, 3.05) is 0 Å². The Morgan fingerprint density at radius 2 is 2.12 bits per heavy atom. The van der Waals surface area contributed by atoms with Crippen LogP contribution < -0.4 is 0 Å². The van der Waals surface area contributed by atoms with Gasteiger partial charge in [-0.3, -0.25) is 9.48 Å². The second kappa shape index (κ2) is 5.96. The first kappa shape index (κ1) is 14.7. The number of carbonyl (C=O) groups excluding carboxylic acids is 1. The van der Waals surface area contributed by atoms with Crippen molar-refractivity contribution in [3.63, 3.8) is 0 Å². The third-order valence-corrected chi connectivity index (χ3v) is 4.33. The molecule has 0 bridgehead atoms. The van der Waals surface area contributed by atoms with E-state index in [0.29, 0.717) is 6.61 Å². The van der Waals surface area contributed by atoms with Crippen LogP contribution in [-0.4, -0.2) is 25.5 Å². The lowest BCUT2D eigenvalue weighted by Gasteiger charge is -2.06. The SMILES string of the molecule is Cn1cc([C@@H]2C[C@@H]2C(=O)OCc2ccc(-n3cccn3)cc2)cn1. The van der Waals surface area contributed by atoms with Gasteiger partial charge in [-0.25, -0.2) is 4.68 Å². The molecule has 0 amide bonds. The van der Waals surface area contributed by atoms with E-state index in [1.54, 1.807) is 15.6 Å². The van der Waals surface area contributed by atoms with E-state index in [0.717, 1.165) is 23.2 Å². The fourth-order valence-electron chi connectivity index (χ4n) is 2.88. The van der Waals surface area contributed by atoms with Crippen molar-refractivity contribution >= 4 is 5.97 Å². The second-order valence-electron chi connectivity index (χ2n) is 6.12. The Labute approximate surface area is 139 Å². The van der Waals surface area contributed by atoms with Crippen molar-refractivity contribution in [2.24, 2.45) is 13.0 Å². The molecule has 0 radical (unpaired) electrons. The first-order chi connectivity index (χ1) is 11.7. The number of hydrogen-bond acceptors (Lipinski definition) is 4. The molecule has 2 aromatic heterocycles. The fourth-order valence-corrected chi connectivity index (χ4v) is 2.88. The van der Waals surface area contributed by atoms with Gasteiger partial charge in [-0.2, -0.15) is 10.2 Å². The number of aromatic nitrogens is 4. The number of benzene rings is 1. The minimum Gasteiger partial charge on any atom is -0.461 e. The van der Waals surface area contributed by atoms with E-state index >= 15 is 0 Å². The highest BCUT2D eigenvalue weighted by atomic mass is 16.5. The number of aryl methyl sites for hydroxylation is 1. The number of esters is 1. The summed E-state index contributed by atoms with van der Waals surface area (Å²) < 4.78 is 9.00. The van der Waals surface area contributed by atoms with E-state index in [2.05, 4.69) is 10.2 Å². The van der Waals surface area contributed by atoms with Crippen LogP contribution in [0.3, 0.4) is 0 Å². The summed E-state index contributed by atoms with van der Waals surface area (Å²) in [5.41, 5.74) is 3.06. The molecule has 122 valence electrons. The highest BCUT2D eigenvalue weighted by Crippen LogP contribution is 2.48. The zero-order valence-electron chi connectivity index (χ0n) is 13.4. The average Bonchev–Trinajstić information content (AvgIpc) is 3.00. The smallest absolute Gasteiger partial charge is 0.309 e. The van der Waals surface area contributed by atoms with Gasteiger partial charge in [0.1, 0.15) is 6.61 Å². The second-order valence-corrected chi connectivity index (χ2v) is 6.12. The van der Waals surface area contributed by atoms with Crippen LogP contribution in [0.25, 0.3) is 5.69 Å². The van der Waals surface area contributed by atoms with E-state index in [1.165, 1.54) is 0 Å². The normalized spacial score (nSPS) is 19.2. The first-order valence-electron chi connectivity index (χ1n) is 7.95.